The minimum absolute atomic E-state index is 0.0157. The average Bonchev–Trinajstić information content (AvgIpc) is 2.84. The summed E-state index contributed by atoms with van der Waals surface area (Å²) in [4.78, 5) is 27.6. The Morgan fingerprint density at radius 3 is 2.47 bits per heavy atom. The van der Waals surface area contributed by atoms with E-state index in [0.717, 1.165) is 6.54 Å². The minimum atomic E-state index is -0.152. The van der Waals surface area contributed by atoms with Crippen LogP contribution < -0.4 is 0 Å². The molecule has 2 fully saturated rings. The lowest BCUT2D eigenvalue weighted by Crippen LogP contribution is -2.37. The molecule has 0 unspecified atom stereocenters. The van der Waals surface area contributed by atoms with Crippen LogP contribution in [0.25, 0.3) is 0 Å². The molecule has 2 heterocycles. The van der Waals surface area contributed by atoms with Crippen molar-refractivity contribution in [2.45, 2.75) is 19.5 Å². The first-order valence-corrected chi connectivity index (χ1v) is 6.69. The lowest BCUT2D eigenvalue weighted by Gasteiger charge is -2.24. The summed E-state index contributed by atoms with van der Waals surface area (Å²) in [7, 11) is 1.59. The number of imide groups is 1. The van der Waals surface area contributed by atoms with Crippen molar-refractivity contribution < 1.29 is 9.59 Å². The van der Waals surface area contributed by atoms with Crippen molar-refractivity contribution in [3.8, 4) is 0 Å². The first kappa shape index (κ1) is 12.4. The van der Waals surface area contributed by atoms with E-state index in [9.17, 15) is 9.59 Å². The molecule has 100 valence electrons. The lowest BCUT2D eigenvalue weighted by molar-refractivity contribution is -0.139. The van der Waals surface area contributed by atoms with Crippen LogP contribution in [0.15, 0.2) is 30.3 Å². The van der Waals surface area contributed by atoms with E-state index in [1.165, 1.54) is 10.5 Å². The maximum atomic E-state index is 12.1. The summed E-state index contributed by atoms with van der Waals surface area (Å²) >= 11 is 0. The summed E-state index contributed by atoms with van der Waals surface area (Å²) in [6.07, 6.45) is 0. The van der Waals surface area contributed by atoms with Crippen LogP contribution >= 0.6 is 0 Å². The smallest absolute Gasteiger partial charge is 0.234 e. The summed E-state index contributed by atoms with van der Waals surface area (Å²) in [5, 5.41) is 0. The Bertz CT molecular complexity index is 514. The number of carbonyl (C=O) groups is 2. The zero-order valence-electron chi connectivity index (χ0n) is 11.2. The van der Waals surface area contributed by atoms with E-state index < -0.39 is 0 Å². The zero-order chi connectivity index (χ0) is 13.6. The van der Waals surface area contributed by atoms with Gasteiger partial charge in [0.25, 0.3) is 0 Å². The Morgan fingerprint density at radius 1 is 1.16 bits per heavy atom. The van der Waals surface area contributed by atoms with Crippen LogP contribution in [0.1, 0.15) is 12.5 Å². The molecule has 2 saturated heterocycles. The third kappa shape index (κ3) is 1.87. The van der Waals surface area contributed by atoms with Gasteiger partial charge in [0.1, 0.15) is 0 Å². The van der Waals surface area contributed by atoms with Crippen molar-refractivity contribution in [2.24, 2.45) is 11.8 Å². The molecular formula is C15H18N2O2. The number of nitrogens with zero attached hydrogens (tertiary/aromatic N) is 2. The number of amides is 2. The van der Waals surface area contributed by atoms with Gasteiger partial charge in [0.2, 0.25) is 11.8 Å². The predicted molar refractivity (Wildman–Crippen MR) is 71.1 cm³/mol. The number of benzene rings is 1. The molecule has 3 rings (SSSR count). The highest BCUT2D eigenvalue weighted by Crippen LogP contribution is 2.37. The highest BCUT2D eigenvalue weighted by atomic mass is 16.2. The second kappa shape index (κ2) is 4.46. The summed E-state index contributed by atoms with van der Waals surface area (Å²) in [5.41, 5.74) is 1.22. The number of fused-ring (bicyclic) bond motifs is 1. The quantitative estimate of drug-likeness (QED) is 0.746. The van der Waals surface area contributed by atoms with Gasteiger partial charge in [-0.05, 0) is 12.5 Å². The fourth-order valence-electron chi connectivity index (χ4n) is 3.31. The third-order valence-corrected chi connectivity index (χ3v) is 4.45. The van der Waals surface area contributed by atoms with Gasteiger partial charge in [-0.1, -0.05) is 30.3 Å². The Morgan fingerprint density at radius 2 is 1.84 bits per heavy atom. The molecule has 4 heteroatoms. The molecule has 0 aliphatic carbocycles. The molecule has 2 aliphatic rings. The van der Waals surface area contributed by atoms with Crippen molar-refractivity contribution in [3.05, 3.63) is 35.9 Å². The summed E-state index contributed by atoms with van der Waals surface area (Å²) in [6, 6.07) is 10.3. The van der Waals surface area contributed by atoms with Gasteiger partial charge in [-0.2, -0.15) is 0 Å². The van der Waals surface area contributed by atoms with E-state index in [0.29, 0.717) is 6.54 Å². The van der Waals surface area contributed by atoms with Crippen molar-refractivity contribution in [1.82, 2.24) is 9.80 Å². The first-order chi connectivity index (χ1) is 9.09. The predicted octanol–water partition coefficient (Wildman–Crippen LogP) is 1.12. The van der Waals surface area contributed by atoms with Gasteiger partial charge in [-0.25, -0.2) is 0 Å². The standard InChI is InChI=1S/C15H18N2O2/c1-10-13-12(14(18)16(2)15(13)19)9-17(10)8-11-6-4-3-5-7-11/h3-7,10,12-13H,8-9H2,1-2H3/t10-,12+,13+/m1/s1. The Kier molecular flexibility index (Phi) is 2.90. The normalized spacial score (nSPS) is 31.1. The van der Waals surface area contributed by atoms with Crippen LogP contribution in [0.4, 0.5) is 0 Å². The van der Waals surface area contributed by atoms with Gasteiger partial charge in [0.05, 0.1) is 11.8 Å². The molecule has 0 spiro atoms. The van der Waals surface area contributed by atoms with Gasteiger partial charge in [0.15, 0.2) is 0 Å². The SMILES string of the molecule is C[C@@H]1[C@@H]2C(=O)N(C)C(=O)[C@H]2CN1Cc1ccccc1. The monoisotopic (exact) mass is 258 g/mol. The molecule has 2 aliphatic heterocycles. The fourth-order valence-corrected chi connectivity index (χ4v) is 3.31. The maximum absolute atomic E-state index is 12.1. The van der Waals surface area contributed by atoms with Crippen LogP contribution in [0.2, 0.25) is 0 Å². The van der Waals surface area contributed by atoms with E-state index in [1.54, 1.807) is 7.05 Å². The second-order valence-electron chi connectivity index (χ2n) is 5.52. The zero-order valence-corrected chi connectivity index (χ0v) is 11.2. The van der Waals surface area contributed by atoms with Gasteiger partial charge >= 0.3 is 0 Å². The molecule has 0 radical (unpaired) electrons. The topological polar surface area (TPSA) is 40.6 Å². The van der Waals surface area contributed by atoms with Gasteiger partial charge < -0.3 is 0 Å². The molecule has 0 bridgehead atoms. The van der Waals surface area contributed by atoms with Crippen LogP contribution in [0.5, 0.6) is 0 Å². The average molecular weight is 258 g/mol. The van der Waals surface area contributed by atoms with Gasteiger partial charge in [-0.15, -0.1) is 0 Å². The number of carbonyl (C=O) groups excluding carboxylic acids is 2. The third-order valence-electron chi connectivity index (χ3n) is 4.45. The molecule has 2 amide bonds. The van der Waals surface area contributed by atoms with Crippen molar-refractivity contribution >= 4 is 11.8 Å². The van der Waals surface area contributed by atoms with E-state index >= 15 is 0 Å². The Hall–Kier alpha value is -1.68. The lowest BCUT2D eigenvalue weighted by atomic mass is 9.94. The molecule has 4 nitrogen and oxygen atoms in total. The minimum Gasteiger partial charge on any atom is -0.295 e. The molecule has 0 N–H and O–H groups in total. The fraction of sp³-hybridized carbons (Fsp3) is 0.467. The van der Waals surface area contributed by atoms with E-state index in [2.05, 4.69) is 24.0 Å². The van der Waals surface area contributed by atoms with Crippen LogP contribution in [-0.4, -0.2) is 41.2 Å². The number of hydrogen-bond donors (Lipinski definition) is 0. The van der Waals surface area contributed by atoms with Crippen LogP contribution in [-0.2, 0) is 16.1 Å². The summed E-state index contributed by atoms with van der Waals surface area (Å²) in [6.45, 7) is 3.55. The number of rotatable bonds is 2. The summed E-state index contributed by atoms with van der Waals surface area (Å²) in [5.74, 6) is -0.326. The highest BCUT2D eigenvalue weighted by Gasteiger charge is 2.54. The Labute approximate surface area is 113 Å². The van der Waals surface area contributed by atoms with Gasteiger partial charge in [0, 0.05) is 26.2 Å². The first-order valence-electron chi connectivity index (χ1n) is 6.69. The van der Waals surface area contributed by atoms with Crippen LogP contribution in [0, 0.1) is 11.8 Å². The van der Waals surface area contributed by atoms with E-state index in [4.69, 9.17) is 0 Å². The number of hydrogen-bond acceptors (Lipinski definition) is 3. The van der Waals surface area contributed by atoms with Crippen molar-refractivity contribution in [2.75, 3.05) is 13.6 Å². The second-order valence-corrected chi connectivity index (χ2v) is 5.52. The van der Waals surface area contributed by atoms with E-state index in [1.807, 2.05) is 18.2 Å². The highest BCUT2D eigenvalue weighted by molar-refractivity contribution is 6.05. The molecule has 0 aromatic heterocycles. The van der Waals surface area contributed by atoms with Gasteiger partial charge in [-0.3, -0.25) is 19.4 Å². The van der Waals surface area contributed by atoms with Crippen molar-refractivity contribution in [3.63, 3.8) is 0 Å². The molecule has 1 aromatic carbocycles. The number of likely N-dealkylation sites (tertiary alicyclic amines) is 2. The molecule has 0 saturated carbocycles. The van der Waals surface area contributed by atoms with Crippen molar-refractivity contribution in [1.29, 1.82) is 0 Å². The molecule has 1 aromatic rings. The van der Waals surface area contributed by atoms with Crippen LogP contribution in [0.3, 0.4) is 0 Å². The Balaban J connectivity index is 1.78. The largest absolute Gasteiger partial charge is 0.295 e. The maximum Gasteiger partial charge on any atom is 0.234 e. The molecular weight excluding hydrogens is 240 g/mol. The molecule has 19 heavy (non-hydrogen) atoms. The summed E-state index contributed by atoms with van der Waals surface area (Å²) < 4.78 is 0. The van der Waals surface area contributed by atoms with E-state index in [-0.39, 0.29) is 29.7 Å². The molecule has 3 atom stereocenters.